The first kappa shape index (κ1) is 13.4. The Morgan fingerprint density at radius 2 is 2.26 bits per heavy atom. The zero-order valence-electron chi connectivity index (χ0n) is 10.0. The summed E-state index contributed by atoms with van der Waals surface area (Å²) >= 11 is 1.54. The number of carbonyl (C=O) groups is 1. The van der Waals surface area contributed by atoms with Crippen LogP contribution in [0, 0.1) is 0 Å². The van der Waals surface area contributed by atoms with E-state index in [9.17, 15) is 4.79 Å². The minimum Gasteiger partial charge on any atom is -0.493 e. The molecule has 0 unspecified atom stereocenters. The van der Waals surface area contributed by atoms with E-state index in [1.807, 2.05) is 0 Å². The number of hydrogen-bond acceptors (Lipinski definition) is 5. The van der Waals surface area contributed by atoms with E-state index in [1.54, 1.807) is 30.7 Å². The summed E-state index contributed by atoms with van der Waals surface area (Å²) in [5, 5.41) is 9.69. The number of aromatic carboxylic acids is 1. The molecule has 0 aliphatic carbocycles. The topological polar surface area (TPSA) is 72.3 Å². The number of ether oxygens (including phenoxy) is 1. The van der Waals surface area contributed by atoms with Gasteiger partial charge in [-0.2, -0.15) is 0 Å². The molecule has 0 bridgehead atoms. The lowest BCUT2D eigenvalue weighted by molar-refractivity contribution is 0.0696. The molecule has 1 aromatic carbocycles. The third-order valence-corrected chi connectivity index (χ3v) is 3.10. The number of nitrogens with zero attached hydrogens (tertiary/aromatic N) is 2. The van der Waals surface area contributed by atoms with Crippen LogP contribution in [0.1, 0.15) is 10.4 Å². The molecule has 6 heteroatoms. The van der Waals surface area contributed by atoms with Crippen molar-refractivity contribution < 1.29 is 14.6 Å². The molecule has 0 radical (unpaired) electrons. The molecule has 0 amide bonds. The highest BCUT2D eigenvalue weighted by Gasteiger charge is 2.03. The van der Waals surface area contributed by atoms with Gasteiger partial charge in [-0.15, -0.1) is 11.8 Å². The van der Waals surface area contributed by atoms with Crippen molar-refractivity contribution in [3.63, 3.8) is 0 Å². The normalized spacial score (nSPS) is 10.1. The standard InChI is InChI=1S/C13H12N2O3S/c16-13(17)10-2-1-3-11(8-10)18-6-7-19-12-9-14-4-5-15-12/h1-5,8-9H,6-7H2,(H,16,17). The van der Waals surface area contributed by atoms with Crippen LogP contribution >= 0.6 is 11.8 Å². The van der Waals surface area contributed by atoms with E-state index in [0.29, 0.717) is 12.4 Å². The zero-order valence-corrected chi connectivity index (χ0v) is 10.8. The molecule has 2 aromatic rings. The number of rotatable bonds is 6. The smallest absolute Gasteiger partial charge is 0.335 e. The summed E-state index contributed by atoms with van der Waals surface area (Å²) in [4.78, 5) is 18.9. The molecule has 2 rings (SSSR count). The van der Waals surface area contributed by atoms with E-state index in [0.717, 1.165) is 10.8 Å². The van der Waals surface area contributed by atoms with Crippen molar-refractivity contribution in [2.45, 2.75) is 5.03 Å². The summed E-state index contributed by atoms with van der Waals surface area (Å²) in [5.74, 6) is 0.315. The molecular formula is C13H12N2O3S. The third kappa shape index (κ3) is 4.26. The van der Waals surface area contributed by atoms with Crippen molar-refractivity contribution in [3.05, 3.63) is 48.4 Å². The molecule has 98 valence electrons. The highest BCUT2D eigenvalue weighted by molar-refractivity contribution is 7.99. The highest BCUT2D eigenvalue weighted by Crippen LogP contribution is 2.16. The molecule has 19 heavy (non-hydrogen) atoms. The molecular weight excluding hydrogens is 264 g/mol. The number of thioether (sulfide) groups is 1. The van der Waals surface area contributed by atoms with Crippen LogP contribution in [0.25, 0.3) is 0 Å². The van der Waals surface area contributed by atoms with Crippen LogP contribution in [0.4, 0.5) is 0 Å². The minimum atomic E-state index is -0.959. The van der Waals surface area contributed by atoms with Crippen molar-refractivity contribution >= 4 is 17.7 Å². The maximum atomic E-state index is 10.8. The molecule has 5 nitrogen and oxygen atoms in total. The number of aromatic nitrogens is 2. The van der Waals surface area contributed by atoms with Crippen molar-refractivity contribution in [3.8, 4) is 5.75 Å². The largest absolute Gasteiger partial charge is 0.493 e. The van der Waals surface area contributed by atoms with Gasteiger partial charge in [-0.3, -0.25) is 4.98 Å². The fourth-order valence-corrected chi connectivity index (χ4v) is 2.03. The first-order valence-corrected chi connectivity index (χ1v) is 6.59. The van der Waals surface area contributed by atoms with Gasteiger partial charge in [-0.1, -0.05) is 6.07 Å². The van der Waals surface area contributed by atoms with Crippen LogP contribution in [0.3, 0.4) is 0 Å². The Bertz CT molecular complexity index is 549. The number of carboxylic acids is 1. The van der Waals surface area contributed by atoms with Gasteiger partial charge in [0.15, 0.2) is 0 Å². The Morgan fingerprint density at radius 3 is 3.00 bits per heavy atom. The van der Waals surface area contributed by atoms with Gasteiger partial charge in [0.2, 0.25) is 0 Å². The lowest BCUT2D eigenvalue weighted by atomic mass is 10.2. The van der Waals surface area contributed by atoms with Crippen LogP contribution in [-0.2, 0) is 0 Å². The van der Waals surface area contributed by atoms with Gasteiger partial charge in [0, 0.05) is 18.1 Å². The van der Waals surface area contributed by atoms with Crippen LogP contribution in [0.2, 0.25) is 0 Å². The lowest BCUT2D eigenvalue weighted by Gasteiger charge is -2.06. The molecule has 1 N–H and O–H groups in total. The Labute approximate surface area is 114 Å². The molecule has 0 aliphatic rings. The van der Waals surface area contributed by atoms with Gasteiger partial charge in [0.1, 0.15) is 10.8 Å². The maximum absolute atomic E-state index is 10.8. The summed E-state index contributed by atoms with van der Waals surface area (Å²) in [6.45, 7) is 0.477. The van der Waals surface area contributed by atoms with Gasteiger partial charge >= 0.3 is 5.97 Å². The molecule has 0 fully saturated rings. The molecule has 0 aliphatic heterocycles. The average Bonchev–Trinajstić information content (AvgIpc) is 2.45. The van der Waals surface area contributed by atoms with Crippen molar-refractivity contribution in [2.24, 2.45) is 0 Å². The number of hydrogen-bond donors (Lipinski definition) is 1. The van der Waals surface area contributed by atoms with Crippen molar-refractivity contribution in [2.75, 3.05) is 12.4 Å². The first-order chi connectivity index (χ1) is 9.25. The first-order valence-electron chi connectivity index (χ1n) is 5.60. The number of carboxylic acid groups (broad SMARTS) is 1. The van der Waals surface area contributed by atoms with E-state index in [1.165, 1.54) is 23.9 Å². The number of benzene rings is 1. The van der Waals surface area contributed by atoms with Crippen LogP contribution < -0.4 is 4.74 Å². The Balaban J connectivity index is 1.80. The van der Waals surface area contributed by atoms with Crippen molar-refractivity contribution in [1.29, 1.82) is 0 Å². The van der Waals surface area contributed by atoms with Gasteiger partial charge in [0.05, 0.1) is 18.4 Å². The minimum absolute atomic E-state index is 0.221. The highest BCUT2D eigenvalue weighted by atomic mass is 32.2. The summed E-state index contributed by atoms with van der Waals surface area (Å²) in [6, 6.07) is 6.44. The van der Waals surface area contributed by atoms with E-state index in [4.69, 9.17) is 9.84 Å². The molecule has 0 atom stereocenters. The third-order valence-electron chi connectivity index (χ3n) is 2.22. The maximum Gasteiger partial charge on any atom is 0.335 e. The fourth-order valence-electron chi connectivity index (χ4n) is 1.38. The van der Waals surface area contributed by atoms with E-state index in [2.05, 4.69) is 9.97 Å². The second-order valence-electron chi connectivity index (χ2n) is 3.57. The Hall–Kier alpha value is -2.08. The summed E-state index contributed by atoms with van der Waals surface area (Å²) in [5.41, 5.74) is 0.221. The van der Waals surface area contributed by atoms with Gasteiger partial charge in [0.25, 0.3) is 0 Å². The summed E-state index contributed by atoms with van der Waals surface area (Å²) in [7, 11) is 0. The predicted molar refractivity (Wildman–Crippen MR) is 71.7 cm³/mol. The zero-order chi connectivity index (χ0) is 13.5. The lowest BCUT2D eigenvalue weighted by Crippen LogP contribution is -2.02. The Morgan fingerprint density at radius 1 is 1.37 bits per heavy atom. The van der Waals surface area contributed by atoms with Crippen LogP contribution in [0.5, 0.6) is 5.75 Å². The summed E-state index contributed by atoms with van der Waals surface area (Å²) in [6.07, 6.45) is 4.95. The molecule has 1 heterocycles. The molecule has 0 saturated heterocycles. The SMILES string of the molecule is O=C(O)c1cccc(OCCSc2cnccn2)c1. The Kier molecular flexibility index (Phi) is 4.74. The molecule has 0 spiro atoms. The molecule has 1 aromatic heterocycles. The van der Waals surface area contributed by atoms with Gasteiger partial charge < -0.3 is 9.84 Å². The predicted octanol–water partition coefficient (Wildman–Crippen LogP) is 2.35. The van der Waals surface area contributed by atoms with Gasteiger partial charge in [-0.25, -0.2) is 9.78 Å². The van der Waals surface area contributed by atoms with Gasteiger partial charge in [-0.05, 0) is 18.2 Å². The monoisotopic (exact) mass is 276 g/mol. The average molecular weight is 276 g/mol. The van der Waals surface area contributed by atoms with Crippen LogP contribution in [-0.4, -0.2) is 33.4 Å². The second-order valence-corrected chi connectivity index (χ2v) is 4.69. The van der Waals surface area contributed by atoms with E-state index < -0.39 is 5.97 Å². The van der Waals surface area contributed by atoms with Crippen LogP contribution in [0.15, 0.2) is 47.9 Å². The van der Waals surface area contributed by atoms with E-state index >= 15 is 0 Å². The molecule has 0 saturated carbocycles. The van der Waals surface area contributed by atoms with Crippen molar-refractivity contribution in [1.82, 2.24) is 9.97 Å². The second kappa shape index (κ2) is 6.75. The van der Waals surface area contributed by atoms with E-state index in [-0.39, 0.29) is 5.56 Å². The summed E-state index contributed by atoms with van der Waals surface area (Å²) < 4.78 is 5.49. The fraction of sp³-hybridized carbons (Fsp3) is 0.154. The quantitative estimate of drug-likeness (QED) is 0.645.